The summed E-state index contributed by atoms with van der Waals surface area (Å²) in [6.07, 6.45) is 2.09. The van der Waals surface area contributed by atoms with Crippen molar-refractivity contribution in [3.63, 3.8) is 0 Å². The SMILES string of the molecule is [2H]C([2H])([2H])C1=CC(c2c(O)cc(C([2H])([2H])[2H])cc2O)[C@@H](C(C)(C)O)CC1. The molecule has 110 valence electrons. The molecular weight excluding hydrogens is 252 g/mol. The first-order valence-electron chi connectivity index (χ1n) is 9.62. The number of allylic oxidation sites excluding steroid dienone is 2. The van der Waals surface area contributed by atoms with Crippen molar-refractivity contribution in [2.75, 3.05) is 0 Å². The molecular formula is C17H24O3. The molecule has 0 saturated carbocycles. The fourth-order valence-electron chi connectivity index (χ4n) is 2.95. The van der Waals surface area contributed by atoms with Gasteiger partial charge >= 0.3 is 0 Å². The number of rotatable bonds is 2. The number of hydrogen-bond acceptors (Lipinski definition) is 3. The first-order chi connectivity index (χ1) is 11.6. The van der Waals surface area contributed by atoms with Crippen LogP contribution in [-0.4, -0.2) is 20.9 Å². The maximum atomic E-state index is 10.5. The maximum absolute atomic E-state index is 10.5. The number of phenols is 2. The van der Waals surface area contributed by atoms with Gasteiger partial charge in [-0.2, -0.15) is 0 Å². The lowest BCUT2D eigenvalue weighted by Gasteiger charge is -2.38. The largest absolute Gasteiger partial charge is 0.507 e. The monoisotopic (exact) mass is 282 g/mol. The first kappa shape index (κ1) is 8.73. The highest BCUT2D eigenvalue weighted by atomic mass is 16.3. The van der Waals surface area contributed by atoms with Crippen LogP contribution >= 0.6 is 0 Å². The standard InChI is InChI=1S/C17H24O3/c1-10-5-6-13(17(3,4)20)12(7-10)16-14(18)8-11(2)9-15(16)19/h7-9,12-13,18-20H,5-6H2,1-4H3/t12?,13-/m0/s1/i1D3,2D3. The molecule has 2 atom stereocenters. The third kappa shape index (κ3) is 2.83. The third-order valence-corrected chi connectivity index (χ3v) is 3.92. The molecule has 0 radical (unpaired) electrons. The van der Waals surface area contributed by atoms with Gasteiger partial charge in [0.15, 0.2) is 0 Å². The smallest absolute Gasteiger partial charge is 0.123 e. The molecule has 3 nitrogen and oxygen atoms in total. The summed E-state index contributed by atoms with van der Waals surface area (Å²) in [5, 5.41) is 31.3. The van der Waals surface area contributed by atoms with Crippen LogP contribution in [0, 0.1) is 12.8 Å². The summed E-state index contributed by atoms with van der Waals surface area (Å²) in [5.74, 6) is -2.08. The van der Waals surface area contributed by atoms with Crippen LogP contribution in [0.5, 0.6) is 11.5 Å². The van der Waals surface area contributed by atoms with E-state index in [1.807, 2.05) is 0 Å². The van der Waals surface area contributed by atoms with E-state index in [0.29, 0.717) is 6.42 Å². The van der Waals surface area contributed by atoms with Gasteiger partial charge in [-0.25, -0.2) is 0 Å². The van der Waals surface area contributed by atoms with Gasteiger partial charge in [0.25, 0.3) is 0 Å². The highest BCUT2D eigenvalue weighted by Gasteiger charge is 2.38. The normalized spacial score (nSPS) is 29.2. The number of aromatic hydroxyl groups is 2. The highest BCUT2D eigenvalue weighted by Crippen LogP contribution is 2.47. The van der Waals surface area contributed by atoms with Crippen molar-refractivity contribution < 1.29 is 23.5 Å². The second-order valence-corrected chi connectivity index (χ2v) is 5.94. The second kappa shape index (κ2) is 5.13. The molecule has 3 heteroatoms. The summed E-state index contributed by atoms with van der Waals surface area (Å²) in [4.78, 5) is 0. The van der Waals surface area contributed by atoms with Crippen LogP contribution in [0.4, 0.5) is 0 Å². The molecule has 0 fully saturated rings. The quantitative estimate of drug-likeness (QED) is 0.726. The molecule has 0 aliphatic heterocycles. The molecule has 1 aromatic carbocycles. The van der Waals surface area contributed by atoms with Gasteiger partial charge in [-0.3, -0.25) is 0 Å². The van der Waals surface area contributed by atoms with Gasteiger partial charge in [0, 0.05) is 19.7 Å². The van der Waals surface area contributed by atoms with Crippen LogP contribution in [0.1, 0.15) is 58.8 Å². The van der Waals surface area contributed by atoms with Gasteiger partial charge in [0.1, 0.15) is 11.5 Å². The van der Waals surface area contributed by atoms with E-state index >= 15 is 0 Å². The average Bonchev–Trinajstić information content (AvgIpc) is 2.43. The lowest BCUT2D eigenvalue weighted by Crippen LogP contribution is -2.36. The Kier molecular flexibility index (Phi) is 2.24. The Balaban J connectivity index is 2.64. The fourth-order valence-corrected chi connectivity index (χ4v) is 2.95. The van der Waals surface area contributed by atoms with Crippen LogP contribution in [-0.2, 0) is 0 Å². The number of aliphatic hydroxyl groups is 1. The molecule has 0 heterocycles. The van der Waals surface area contributed by atoms with E-state index in [2.05, 4.69) is 0 Å². The van der Waals surface area contributed by atoms with E-state index in [-0.39, 0.29) is 23.1 Å². The van der Waals surface area contributed by atoms with Crippen LogP contribution < -0.4 is 0 Å². The molecule has 1 aliphatic carbocycles. The maximum Gasteiger partial charge on any atom is 0.123 e. The minimum atomic E-state index is -2.50. The van der Waals surface area contributed by atoms with E-state index in [1.165, 1.54) is 6.08 Å². The molecule has 20 heavy (non-hydrogen) atoms. The summed E-state index contributed by atoms with van der Waals surface area (Å²) in [5.41, 5.74) is -1.18. The summed E-state index contributed by atoms with van der Waals surface area (Å²) in [6.45, 7) is -1.64. The lowest BCUT2D eigenvalue weighted by molar-refractivity contribution is 0.00421. The Hall–Kier alpha value is -1.48. The van der Waals surface area contributed by atoms with Crippen molar-refractivity contribution in [3.8, 4) is 11.5 Å². The number of benzene rings is 1. The van der Waals surface area contributed by atoms with Crippen molar-refractivity contribution in [2.24, 2.45) is 5.92 Å². The zero-order valence-corrected chi connectivity index (χ0v) is 11.6. The Bertz CT molecular complexity index is 690. The van der Waals surface area contributed by atoms with E-state index in [1.54, 1.807) is 13.8 Å². The number of phenolic OH excluding ortho intramolecular Hbond substituents is 2. The van der Waals surface area contributed by atoms with Crippen molar-refractivity contribution in [3.05, 3.63) is 34.9 Å². The van der Waals surface area contributed by atoms with Crippen LogP contribution in [0.25, 0.3) is 0 Å². The predicted octanol–water partition coefficient (Wildman–Crippen LogP) is 3.62. The van der Waals surface area contributed by atoms with Gasteiger partial charge in [-0.1, -0.05) is 11.6 Å². The average molecular weight is 282 g/mol. The van der Waals surface area contributed by atoms with E-state index < -0.39 is 42.6 Å². The molecule has 1 aromatic rings. The lowest BCUT2D eigenvalue weighted by atomic mass is 9.69. The molecule has 3 N–H and O–H groups in total. The van der Waals surface area contributed by atoms with Crippen molar-refractivity contribution in [2.45, 2.75) is 51.9 Å². The molecule has 2 rings (SSSR count). The predicted molar refractivity (Wildman–Crippen MR) is 80.0 cm³/mol. The van der Waals surface area contributed by atoms with Crippen molar-refractivity contribution in [1.82, 2.24) is 0 Å². The molecule has 0 saturated heterocycles. The molecule has 0 spiro atoms. The Labute approximate surface area is 129 Å². The molecule has 0 bridgehead atoms. The Morgan fingerprint density at radius 1 is 1.20 bits per heavy atom. The molecule has 1 unspecified atom stereocenters. The Morgan fingerprint density at radius 2 is 1.85 bits per heavy atom. The number of aryl methyl sites for hydroxylation is 1. The summed E-state index contributed by atoms with van der Waals surface area (Å²) in [7, 11) is 0. The van der Waals surface area contributed by atoms with Gasteiger partial charge in [-0.05, 0) is 64.0 Å². The molecule has 0 aromatic heterocycles. The van der Waals surface area contributed by atoms with Crippen molar-refractivity contribution in [1.29, 1.82) is 0 Å². The Morgan fingerprint density at radius 3 is 2.35 bits per heavy atom. The van der Waals surface area contributed by atoms with Gasteiger partial charge in [0.2, 0.25) is 0 Å². The third-order valence-electron chi connectivity index (χ3n) is 3.92. The zero-order chi connectivity index (χ0) is 20.1. The van der Waals surface area contributed by atoms with Gasteiger partial charge in [0.05, 0.1) is 5.60 Å². The molecule has 1 aliphatic rings. The zero-order valence-electron chi connectivity index (χ0n) is 17.6. The first-order valence-corrected chi connectivity index (χ1v) is 6.62. The molecule has 0 amide bonds. The number of hydrogen-bond donors (Lipinski definition) is 3. The minimum Gasteiger partial charge on any atom is -0.507 e. The van der Waals surface area contributed by atoms with E-state index in [9.17, 15) is 15.3 Å². The highest BCUT2D eigenvalue weighted by molar-refractivity contribution is 5.51. The van der Waals surface area contributed by atoms with Gasteiger partial charge < -0.3 is 15.3 Å². The second-order valence-electron chi connectivity index (χ2n) is 5.94. The van der Waals surface area contributed by atoms with Crippen molar-refractivity contribution >= 4 is 0 Å². The van der Waals surface area contributed by atoms with Gasteiger partial charge in [-0.15, -0.1) is 0 Å². The van der Waals surface area contributed by atoms with Crippen LogP contribution in [0.2, 0.25) is 0 Å². The van der Waals surface area contributed by atoms with Crippen LogP contribution in [0.3, 0.4) is 0 Å². The van der Waals surface area contributed by atoms with Crippen LogP contribution in [0.15, 0.2) is 23.8 Å². The van der Waals surface area contributed by atoms with E-state index in [0.717, 1.165) is 12.1 Å². The minimum absolute atomic E-state index is 0.0339. The summed E-state index contributed by atoms with van der Waals surface area (Å²) in [6, 6.07) is 2.11. The topological polar surface area (TPSA) is 60.7 Å². The summed E-state index contributed by atoms with van der Waals surface area (Å²) < 4.78 is 45.1. The summed E-state index contributed by atoms with van der Waals surface area (Å²) >= 11 is 0. The fraction of sp³-hybridized carbons (Fsp3) is 0.529. The van der Waals surface area contributed by atoms with E-state index in [4.69, 9.17) is 8.22 Å².